The maximum absolute atomic E-state index is 10.9. The van der Waals surface area contributed by atoms with Crippen LogP contribution in [0, 0.1) is 5.92 Å². The number of aliphatic imine (C=N–C) groups is 1. The highest BCUT2D eigenvalue weighted by Gasteiger charge is 2.31. The van der Waals surface area contributed by atoms with Gasteiger partial charge in [-0.05, 0) is 26.2 Å². The zero-order chi connectivity index (χ0) is 20.2. The van der Waals surface area contributed by atoms with Crippen molar-refractivity contribution in [1.82, 2.24) is 15.5 Å². The summed E-state index contributed by atoms with van der Waals surface area (Å²) in [5, 5.41) is 17.8. The molecule has 0 amide bonds. The van der Waals surface area contributed by atoms with Gasteiger partial charge in [0.25, 0.3) is 0 Å². The molecule has 164 valence electrons. The van der Waals surface area contributed by atoms with Crippen molar-refractivity contribution in [2.24, 2.45) is 10.9 Å². The maximum atomic E-state index is 10.9. The number of hydrogen-bond donors (Lipinski definition) is 3. The van der Waals surface area contributed by atoms with Gasteiger partial charge in [0, 0.05) is 44.7 Å². The van der Waals surface area contributed by atoms with Gasteiger partial charge in [0.2, 0.25) is 0 Å². The van der Waals surface area contributed by atoms with Crippen LogP contribution < -0.4 is 10.6 Å². The molecule has 2 saturated heterocycles. The van der Waals surface area contributed by atoms with Crippen LogP contribution in [0.1, 0.15) is 52.9 Å². The molecule has 2 rings (SSSR count). The van der Waals surface area contributed by atoms with Gasteiger partial charge in [-0.15, -0.1) is 0 Å². The van der Waals surface area contributed by atoms with Gasteiger partial charge in [0.15, 0.2) is 5.96 Å². The molecular weight excluding hydrogens is 356 g/mol. The highest BCUT2D eigenvalue weighted by Crippen LogP contribution is 2.22. The number of hydrogen-bond acceptors (Lipinski definition) is 5. The second kappa shape index (κ2) is 12.6. The summed E-state index contributed by atoms with van der Waals surface area (Å²) in [4.78, 5) is 7.27. The summed E-state index contributed by atoms with van der Waals surface area (Å²) in [6.07, 6.45) is 4.64. The van der Waals surface area contributed by atoms with Crippen molar-refractivity contribution in [2.75, 3.05) is 59.2 Å². The van der Waals surface area contributed by atoms with E-state index in [1.807, 2.05) is 0 Å². The Morgan fingerprint density at radius 3 is 2.39 bits per heavy atom. The topological polar surface area (TPSA) is 78.4 Å². The lowest BCUT2D eigenvalue weighted by Gasteiger charge is -2.37. The standard InChI is InChI=1S/C21H42N4O3/c1-4-8-21(26,9-5-2)17-24-20(22-6-3)23-15-19(18-7-12-28-16-18)25-10-13-27-14-11-25/h18-19,26H,4-17H2,1-3H3,(H2,22,23,24). The van der Waals surface area contributed by atoms with Crippen LogP contribution in [-0.2, 0) is 9.47 Å². The second-order valence-corrected chi connectivity index (χ2v) is 8.14. The first-order valence-electron chi connectivity index (χ1n) is 11.3. The van der Waals surface area contributed by atoms with E-state index in [9.17, 15) is 5.11 Å². The smallest absolute Gasteiger partial charge is 0.191 e. The fourth-order valence-corrected chi connectivity index (χ4v) is 4.34. The summed E-state index contributed by atoms with van der Waals surface area (Å²) in [5.74, 6) is 1.34. The van der Waals surface area contributed by atoms with Gasteiger partial charge in [0.05, 0.1) is 32.0 Å². The largest absolute Gasteiger partial charge is 0.388 e. The summed E-state index contributed by atoms with van der Waals surface area (Å²) in [6, 6.07) is 0.417. The van der Waals surface area contributed by atoms with Gasteiger partial charge in [0.1, 0.15) is 0 Å². The van der Waals surface area contributed by atoms with Gasteiger partial charge in [-0.25, -0.2) is 0 Å². The first-order chi connectivity index (χ1) is 13.6. The fourth-order valence-electron chi connectivity index (χ4n) is 4.34. The molecule has 3 N–H and O–H groups in total. The van der Waals surface area contributed by atoms with Gasteiger partial charge < -0.3 is 25.2 Å². The van der Waals surface area contributed by atoms with Crippen LogP contribution in [0.5, 0.6) is 0 Å². The third kappa shape index (κ3) is 7.50. The monoisotopic (exact) mass is 398 g/mol. The van der Waals surface area contributed by atoms with E-state index in [0.717, 1.165) is 90.7 Å². The molecular formula is C21H42N4O3. The molecule has 2 aliphatic heterocycles. The summed E-state index contributed by atoms with van der Waals surface area (Å²) in [7, 11) is 0. The fraction of sp³-hybridized carbons (Fsp3) is 0.952. The zero-order valence-electron chi connectivity index (χ0n) is 18.2. The molecule has 2 aliphatic rings. The molecule has 0 aliphatic carbocycles. The van der Waals surface area contributed by atoms with Crippen LogP contribution in [0.15, 0.2) is 4.99 Å². The molecule has 2 atom stereocenters. The molecule has 2 unspecified atom stereocenters. The Morgan fingerprint density at radius 1 is 1.11 bits per heavy atom. The Morgan fingerprint density at radius 2 is 1.82 bits per heavy atom. The van der Waals surface area contributed by atoms with E-state index < -0.39 is 5.60 Å². The lowest BCUT2D eigenvalue weighted by Crippen LogP contribution is -2.53. The van der Waals surface area contributed by atoms with Crippen molar-refractivity contribution in [3.05, 3.63) is 0 Å². The van der Waals surface area contributed by atoms with E-state index >= 15 is 0 Å². The lowest BCUT2D eigenvalue weighted by molar-refractivity contribution is 0.00242. The van der Waals surface area contributed by atoms with Gasteiger partial charge in [-0.1, -0.05) is 26.7 Å². The van der Waals surface area contributed by atoms with E-state index in [1.165, 1.54) is 0 Å². The van der Waals surface area contributed by atoms with Crippen molar-refractivity contribution in [3.8, 4) is 0 Å². The molecule has 0 spiro atoms. The van der Waals surface area contributed by atoms with Gasteiger partial charge >= 0.3 is 0 Å². The summed E-state index contributed by atoms with van der Waals surface area (Å²) in [6.45, 7) is 13.6. The molecule has 0 aromatic heterocycles. The van der Waals surface area contributed by atoms with Gasteiger partial charge in [-0.2, -0.15) is 0 Å². The van der Waals surface area contributed by atoms with Crippen LogP contribution in [0.2, 0.25) is 0 Å². The van der Waals surface area contributed by atoms with E-state index in [-0.39, 0.29) is 0 Å². The van der Waals surface area contributed by atoms with Crippen LogP contribution in [0.25, 0.3) is 0 Å². The molecule has 0 bridgehead atoms. The molecule has 0 aromatic rings. The van der Waals surface area contributed by atoms with Crippen molar-refractivity contribution in [1.29, 1.82) is 0 Å². The first kappa shape index (κ1) is 23.4. The molecule has 7 nitrogen and oxygen atoms in total. The Bertz CT molecular complexity index is 443. The molecule has 0 aromatic carbocycles. The number of guanidine groups is 1. The molecule has 0 saturated carbocycles. The van der Waals surface area contributed by atoms with Crippen LogP contribution in [0.3, 0.4) is 0 Å². The predicted octanol–water partition coefficient (Wildman–Crippen LogP) is 1.61. The molecule has 7 heteroatoms. The summed E-state index contributed by atoms with van der Waals surface area (Å²) >= 11 is 0. The minimum Gasteiger partial charge on any atom is -0.388 e. The number of aliphatic hydroxyl groups is 1. The van der Waals surface area contributed by atoms with E-state index in [1.54, 1.807) is 0 Å². The second-order valence-electron chi connectivity index (χ2n) is 8.14. The Labute approximate surface area is 171 Å². The Hall–Kier alpha value is -0.890. The Balaban J connectivity index is 1.99. The minimum atomic E-state index is -0.700. The molecule has 28 heavy (non-hydrogen) atoms. The van der Waals surface area contributed by atoms with Crippen molar-refractivity contribution >= 4 is 5.96 Å². The number of rotatable bonds is 11. The van der Waals surface area contributed by atoms with Crippen LogP contribution in [-0.4, -0.2) is 86.8 Å². The average molecular weight is 399 g/mol. The number of ether oxygens (including phenoxy) is 2. The van der Waals surface area contributed by atoms with Crippen molar-refractivity contribution in [3.63, 3.8) is 0 Å². The third-order valence-corrected chi connectivity index (χ3v) is 5.81. The molecule has 2 heterocycles. The average Bonchev–Trinajstić information content (AvgIpc) is 3.22. The molecule has 0 radical (unpaired) electrons. The maximum Gasteiger partial charge on any atom is 0.191 e. The summed E-state index contributed by atoms with van der Waals surface area (Å²) in [5.41, 5.74) is -0.700. The minimum absolute atomic E-state index is 0.417. The number of nitrogens with zero attached hydrogens (tertiary/aromatic N) is 2. The predicted molar refractivity (Wildman–Crippen MR) is 114 cm³/mol. The third-order valence-electron chi connectivity index (χ3n) is 5.81. The normalized spacial score (nSPS) is 23.0. The van der Waals surface area contributed by atoms with E-state index in [2.05, 4.69) is 36.3 Å². The van der Waals surface area contributed by atoms with E-state index in [0.29, 0.717) is 18.5 Å². The lowest BCUT2D eigenvalue weighted by atomic mass is 9.93. The van der Waals surface area contributed by atoms with Crippen molar-refractivity contribution in [2.45, 2.75) is 64.5 Å². The van der Waals surface area contributed by atoms with Crippen LogP contribution in [0.4, 0.5) is 0 Å². The number of nitrogens with one attached hydrogen (secondary N) is 2. The quantitative estimate of drug-likeness (QED) is 0.363. The Kier molecular flexibility index (Phi) is 10.5. The van der Waals surface area contributed by atoms with E-state index in [4.69, 9.17) is 14.5 Å². The summed E-state index contributed by atoms with van der Waals surface area (Å²) < 4.78 is 11.2. The zero-order valence-corrected chi connectivity index (χ0v) is 18.2. The first-order valence-corrected chi connectivity index (χ1v) is 11.3. The van der Waals surface area contributed by atoms with Crippen molar-refractivity contribution < 1.29 is 14.6 Å². The highest BCUT2D eigenvalue weighted by atomic mass is 16.5. The highest BCUT2D eigenvalue weighted by molar-refractivity contribution is 5.79. The molecule has 2 fully saturated rings. The SMILES string of the molecule is CCCC(O)(CCC)CN=C(NCC)NCC(C1CCOC1)N1CCOCC1. The van der Waals surface area contributed by atoms with Gasteiger partial charge in [-0.3, -0.25) is 9.89 Å². The number of morpholine rings is 1. The van der Waals surface area contributed by atoms with Crippen LogP contribution >= 0.6 is 0 Å².